The average Bonchev–Trinajstić information content (AvgIpc) is 3.44. The fraction of sp³-hybridized carbons (Fsp3) is 0.348. The van der Waals surface area contributed by atoms with Crippen LogP contribution in [0.25, 0.3) is 16.8 Å². The number of anilines is 2. The van der Waals surface area contributed by atoms with Crippen LogP contribution in [0.1, 0.15) is 26.7 Å². The number of hydrogen-bond donors (Lipinski definition) is 1. The first kappa shape index (κ1) is 19.2. The van der Waals surface area contributed by atoms with Crippen LogP contribution in [-0.2, 0) is 9.59 Å². The molecular formula is C23H22N6O2. The van der Waals surface area contributed by atoms with Gasteiger partial charge >= 0.3 is 0 Å². The molecule has 1 saturated heterocycles. The first-order valence-corrected chi connectivity index (χ1v) is 10.4. The Morgan fingerprint density at radius 1 is 1.32 bits per heavy atom. The van der Waals surface area contributed by atoms with Gasteiger partial charge in [0.25, 0.3) is 0 Å². The normalized spacial score (nSPS) is 23.2. The second-order valence-electron chi connectivity index (χ2n) is 8.44. The molecule has 4 heterocycles. The lowest BCUT2D eigenvalue weighted by molar-refractivity contribution is -0.124. The Labute approximate surface area is 179 Å². The summed E-state index contributed by atoms with van der Waals surface area (Å²) >= 11 is 0. The highest BCUT2D eigenvalue weighted by atomic mass is 16.2. The van der Waals surface area contributed by atoms with Gasteiger partial charge in [-0.1, -0.05) is 13.0 Å². The van der Waals surface area contributed by atoms with Crippen molar-refractivity contribution in [2.24, 2.45) is 17.3 Å². The van der Waals surface area contributed by atoms with E-state index >= 15 is 0 Å². The first-order valence-electron chi connectivity index (χ1n) is 10.4. The van der Waals surface area contributed by atoms with Gasteiger partial charge < -0.3 is 10.2 Å². The van der Waals surface area contributed by atoms with Gasteiger partial charge in [-0.15, -0.1) is 0 Å². The third kappa shape index (κ3) is 2.96. The van der Waals surface area contributed by atoms with Crippen LogP contribution < -0.4 is 10.2 Å². The lowest BCUT2D eigenvalue weighted by Gasteiger charge is -2.23. The largest absolute Gasteiger partial charge is 0.311 e. The number of aromatic nitrogens is 3. The Kier molecular flexibility index (Phi) is 4.29. The highest BCUT2D eigenvalue weighted by Gasteiger charge is 2.61. The fourth-order valence-electron chi connectivity index (χ4n) is 4.72. The van der Waals surface area contributed by atoms with Gasteiger partial charge in [0.2, 0.25) is 11.8 Å². The minimum Gasteiger partial charge on any atom is -0.311 e. The molecule has 1 saturated carbocycles. The van der Waals surface area contributed by atoms with Gasteiger partial charge in [-0.05, 0) is 43.0 Å². The molecule has 156 valence electrons. The maximum Gasteiger partial charge on any atom is 0.248 e. The summed E-state index contributed by atoms with van der Waals surface area (Å²) in [6.45, 7) is 3.95. The minimum atomic E-state index is -0.927. The van der Waals surface area contributed by atoms with Crippen molar-refractivity contribution in [2.75, 3.05) is 16.8 Å². The maximum atomic E-state index is 13.4. The smallest absolute Gasteiger partial charge is 0.248 e. The molecule has 31 heavy (non-hydrogen) atoms. The third-order valence-corrected chi connectivity index (χ3v) is 6.37. The van der Waals surface area contributed by atoms with Crippen LogP contribution in [-0.4, -0.2) is 33.0 Å². The Morgan fingerprint density at radius 2 is 2.13 bits per heavy atom. The van der Waals surface area contributed by atoms with Gasteiger partial charge in [0.05, 0.1) is 23.0 Å². The van der Waals surface area contributed by atoms with Gasteiger partial charge in [0.1, 0.15) is 11.2 Å². The summed E-state index contributed by atoms with van der Waals surface area (Å²) in [6.07, 6.45) is 5.39. The number of rotatable bonds is 4. The van der Waals surface area contributed by atoms with Gasteiger partial charge in [-0.2, -0.15) is 10.4 Å². The second-order valence-corrected chi connectivity index (χ2v) is 8.44. The van der Waals surface area contributed by atoms with Crippen LogP contribution in [0.3, 0.4) is 0 Å². The van der Waals surface area contributed by atoms with Crippen LogP contribution in [0, 0.1) is 28.6 Å². The molecule has 8 nitrogen and oxygen atoms in total. The number of hydrogen-bond acceptors (Lipinski definition) is 5. The quantitative estimate of drug-likeness (QED) is 0.706. The number of nitrogens with zero attached hydrogens (tertiary/aromatic N) is 5. The average molecular weight is 414 g/mol. The van der Waals surface area contributed by atoms with Crippen molar-refractivity contribution in [1.29, 1.82) is 5.26 Å². The Bertz CT molecular complexity index is 1250. The van der Waals surface area contributed by atoms with E-state index in [2.05, 4.69) is 21.5 Å². The van der Waals surface area contributed by atoms with Crippen LogP contribution in [0.15, 0.2) is 42.7 Å². The number of fused-ring (bicyclic) bond motifs is 1. The van der Waals surface area contributed by atoms with E-state index < -0.39 is 5.41 Å². The molecule has 2 amide bonds. The van der Waals surface area contributed by atoms with Crippen LogP contribution in [0.4, 0.5) is 11.5 Å². The number of amides is 2. The van der Waals surface area contributed by atoms with E-state index in [-0.39, 0.29) is 23.7 Å². The summed E-state index contributed by atoms with van der Waals surface area (Å²) in [5, 5.41) is 17.0. The fourth-order valence-corrected chi connectivity index (χ4v) is 4.72. The van der Waals surface area contributed by atoms with Crippen molar-refractivity contribution in [2.45, 2.75) is 26.7 Å². The Hall–Kier alpha value is -3.73. The molecule has 0 unspecified atom stereocenters. The standard InChI is InChI=1S/C23H22N6O2/c1-14-11-28(22(31)23(14,13-24)17-6-7-17)19-8-9-25-29-12-16(10-20(19)29)18-4-3-5-21(27-18)26-15(2)30/h3-5,8-10,12,14,17H,6-7,11H2,1-2H3,(H,26,27,30)/t14-,23+/m1/s1. The molecule has 8 heteroatoms. The number of pyridine rings is 1. The van der Waals surface area contributed by atoms with Crippen LogP contribution in [0.2, 0.25) is 0 Å². The number of nitriles is 1. The van der Waals surface area contributed by atoms with Gasteiger partial charge in [-0.25, -0.2) is 9.50 Å². The van der Waals surface area contributed by atoms with E-state index in [1.54, 1.807) is 21.7 Å². The van der Waals surface area contributed by atoms with Crippen molar-refractivity contribution in [3.63, 3.8) is 0 Å². The van der Waals surface area contributed by atoms with Crippen molar-refractivity contribution in [1.82, 2.24) is 14.6 Å². The molecule has 2 aliphatic rings. The molecule has 0 aromatic carbocycles. The molecule has 0 bridgehead atoms. The van der Waals surface area contributed by atoms with E-state index in [4.69, 9.17) is 0 Å². The monoisotopic (exact) mass is 414 g/mol. The zero-order chi connectivity index (χ0) is 21.8. The van der Waals surface area contributed by atoms with Gasteiger partial charge in [0.15, 0.2) is 0 Å². The molecular weight excluding hydrogens is 392 g/mol. The van der Waals surface area contributed by atoms with Gasteiger partial charge in [-0.3, -0.25) is 9.59 Å². The SMILES string of the molecule is CC(=O)Nc1cccc(-c2cc3c(N4C[C@@H](C)[C@@](C#N)(C5CC5)C4=O)ccnn3c2)n1. The van der Waals surface area contributed by atoms with Crippen molar-refractivity contribution < 1.29 is 9.59 Å². The molecule has 0 radical (unpaired) electrons. The summed E-state index contributed by atoms with van der Waals surface area (Å²) in [6, 6.07) is 11.6. The molecule has 0 spiro atoms. The highest BCUT2D eigenvalue weighted by molar-refractivity contribution is 6.05. The highest BCUT2D eigenvalue weighted by Crippen LogP contribution is 2.54. The lowest BCUT2D eigenvalue weighted by Crippen LogP contribution is -2.37. The van der Waals surface area contributed by atoms with E-state index in [0.29, 0.717) is 18.1 Å². The summed E-state index contributed by atoms with van der Waals surface area (Å²) < 4.78 is 1.72. The van der Waals surface area contributed by atoms with E-state index in [0.717, 1.165) is 29.6 Å². The predicted molar refractivity (Wildman–Crippen MR) is 115 cm³/mol. The molecule has 3 aromatic heterocycles. The van der Waals surface area contributed by atoms with E-state index in [1.807, 2.05) is 37.4 Å². The van der Waals surface area contributed by atoms with E-state index in [9.17, 15) is 14.9 Å². The van der Waals surface area contributed by atoms with Gasteiger partial charge in [0, 0.05) is 37.3 Å². The summed E-state index contributed by atoms with van der Waals surface area (Å²) in [4.78, 5) is 31.0. The Morgan fingerprint density at radius 3 is 2.84 bits per heavy atom. The molecule has 1 N–H and O–H groups in total. The predicted octanol–water partition coefficient (Wildman–Crippen LogP) is 3.26. The Balaban J connectivity index is 1.55. The molecule has 5 rings (SSSR count). The summed E-state index contributed by atoms with van der Waals surface area (Å²) in [5.41, 5.74) is 2.10. The second kappa shape index (κ2) is 6.91. The lowest BCUT2D eigenvalue weighted by atomic mass is 9.75. The summed E-state index contributed by atoms with van der Waals surface area (Å²) in [5.74, 6) is 0.308. The number of nitrogens with one attached hydrogen (secondary N) is 1. The summed E-state index contributed by atoms with van der Waals surface area (Å²) in [7, 11) is 0. The number of carbonyl (C=O) groups is 2. The minimum absolute atomic E-state index is 0.0313. The van der Waals surface area contributed by atoms with Crippen molar-refractivity contribution in [3.05, 3.63) is 42.7 Å². The number of carbonyl (C=O) groups excluding carboxylic acids is 2. The molecule has 1 aliphatic heterocycles. The van der Waals surface area contributed by atoms with E-state index in [1.165, 1.54) is 6.92 Å². The zero-order valence-corrected chi connectivity index (χ0v) is 17.4. The maximum absolute atomic E-state index is 13.4. The van der Waals surface area contributed by atoms with Crippen LogP contribution >= 0.6 is 0 Å². The zero-order valence-electron chi connectivity index (χ0n) is 17.4. The molecule has 2 atom stereocenters. The van der Waals surface area contributed by atoms with Crippen LogP contribution in [0.5, 0.6) is 0 Å². The van der Waals surface area contributed by atoms with Crippen molar-refractivity contribution >= 4 is 28.8 Å². The molecule has 2 fully saturated rings. The topological polar surface area (TPSA) is 103 Å². The first-order chi connectivity index (χ1) is 14.9. The van der Waals surface area contributed by atoms with Crippen molar-refractivity contribution in [3.8, 4) is 17.3 Å². The molecule has 3 aromatic rings. The third-order valence-electron chi connectivity index (χ3n) is 6.37. The molecule has 1 aliphatic carbocycles.